The second-order valence-corrected chi connectivity index (χ2v) is 4.33. The van der Waals surface area contributed by atoms with E-state index < -0.39 is 0 Å². The minimum absolute atomic E-state index is 0.735. The molecule has 17 heavy (non-hydrogen) atoms. The van der Waals surface area contributed by atoms with Crippen LogP contribution in [0.25, 0.3) is 5.65 Å². The lowest BCUT2D eigenvalue weighted by molar-refractivity contribution is 0.227. The summed E-state index contributed by atoms with van der Waals surface area (Å²) in [5.74, 6) is 0.953. The highest BCUT2D eigenvalue weighted by atomic mass is 15.3. The van der Waals surface area contributed by atoms with Gasteiger partial charge in [-0.15, -0.1) is 10.2 Å². The molecular weight excluding hydrogens is 216 g/mol. The minimum Gasteiger partial charge on any atom is -0.398 e. The maximum absolute atomic E-state index is 5.79. The van der Waals surface area contributed by atoms with Crippen LogP contribution in [0.15, 0.2) is 18.3 Å². The van der Waals surface area contributed by atoms with Gasteiger partial charge in [0, 0.05) is 38.1 Å². The number of pyridine rings is 1. The van der Waals surface area contributed by atoms with Crippen molar-refractivity contribution in [2.75, 3.05) is 31.9 Å². The molecule has 0 unspecified atom stereocenters. The van der Waals surface area contributed by atoms with Crippen molar-refractivity contribution in [1.82, 2.24) is 24.8 Å². The van der Waals surface area contributed by atoms with Crippen LogP contribution in [0.2, 0.25) is 0 Å². The molecule has 3 rings (SSSR count). The molecule has 1 aliphatic rings. The van der Waals surface area contributed by atoms with Crippen molar-refractivity contribution >= 4 is 11.3 Å². The van der Waals surface area contributed by atoms with Crippen LogP contribution in [-0.4, -0.2) is 45.7 Å². The molecule has 1 saturated heterocycles. The van der Waals surface area contributed by atoms with Crippen LogP contribution in [0.1, 0.15) is 5.82 Å². The van der Waals surface area contributed by atoms with Crippen molar-refractivity contribution < 1.29 is 0 Å². The number of aromatic nitrogens is 3. The quantitative estimate of drug-likeness (QED) is 0.745. The van der Waals surface area contributed by atoms with Crippen LogP contribution >= 0.6 is 0 Å². The zero-order chi connectivity index (χ0) is 11.7. The van der Waals surface area contributed by atoms with Crippen LogP contribution in [-0.2, 0) is 6.54 Å². The Morgan fingerprint density at radius 2 is 2.06 bits per heavy atom. The lowest BCUT2D eigenvalue weighted by Gasteiger charge is -2.26. The molecule has 90 valence electrons. The maximum atomic E-state index is 5.79. The van der Waals surface area contributed by atoms with Crippen molar-refractivity contribution in [3.8, 4) is 0 Å². The topological polar surface area (TPSA) is 71.5 Å². The molecule has 0 amide bonds. The van der Waals surface area contributed by atoms with Gasteiger partial charge < -0.3 is 11.1 Å². The fourth-order valence-electron chi connectivity index (χ4n) is 2.13. The van der Waals surface area contributed by atoms with E-state index in [4.69, 9.17) is 5.73 Å². The average Bonchev–Trinajstić information content (AvgIpc) is 2.73. The summed E-state index contributed by atoms with van der Waals surface area (Å²) in [6.07, 6.45) is 1.88. The van der Waals surface area contributed by atoms with E-state index in [1.807, 2.05) is 22.7 Å². The molecule has 0 bridgehead atoms. The van der Waals surface area contributed by atoms with Gasteiger partial charge in [-0.05, 0) is 12.1 Å². The van der Waals surface area contributed by atoms with Gasteiger partial charge in [-0.3, -0.25) is 9.30 Å². The number of anilines is 1. The van der Waals surface area contributed by atoms with Gasteiger partial charge in [0.15, 0.2) is 11.5 Å². The summed E-state index contributed by atoms with van der Waals surface area (Å²) in [7, 11) is 0. The first-order chi connectivity index (χ1) is 8.33. The Balaban J connectivity index is 1.86. The summed E-state index contributed by atoms with van der Waals surface area (Å²) in [4.78, 5) is 2.37. The SMILES string of the molecule is Nc1ccc2nnc(CN3CCNCC3)n2c1. The summed E-state index contributed by atoms with van der Waals surface area (Å²) in [6, 6.07) is 3.74. The number of nitrogens with zero attached hydrogens (tertiary/aromatic N) is 4. The third-order valence-electron chi connectivity index (χ3n) is 3.07. The number of rotatable bonds is 2. The van der Waals surface area contributed by atoms with E-state index in [0.29, 0.717) is 0 Å². The lowest BCUT2D eigenvalue weighted by Crippen LogP contribution is -2.43. The predicted molar refractivity (Wildman–Crippen MR) is 65.5 cm³/mol. The Morgan fingerprint density at radius 1 is 1.24 bits per heavy atom. The third kappa shape index (κ3) is 2.09. The Morgan fingerprint density at radius 3 is 2.88 bits per heavy atom. The fraction of sp³-hybridized carbons (Fsp3) is 0.455. The predicted octanol–water partition coefficient (Wildman–Crippen LogP) is -0.283. The van der Waals surface area contributed by atoms with Crippen LogP contribution in [0.5, 0.6) is 0 Å². The molecule has 0 saturated carbocycles. The molecule has 3 heterocycles. The first-order valence-corrected chi connectivity index (χ1v) is 5.85. The molecule has 0 atom stereocenters. The van der Waals surface area contributed by atoms with E-state index in [-0.39, 0.29) is 0 Å². The average molecular weight is 232 g/mol. The van der Waals surface area contributed by atoms with Crippen LogP contribution in [0.3, 0.4) is 0 Å². The molecule has 0 spiro atoms. The van der Waals surface area contributed by atoms with Gasteiger partial charge in [-0.2, -0.15) is 0 Å². The number of nitrogens with two attached hydrogens (primary N) is 1. The third-order valence-corrected chi connectivity index (χ3v) is 3.07. The van der Waals surface area contributed by atoms with Gasteiger partial charge in [-0.25, -0.2) is 0 Å². The summed E-state index contributed by atoms with van der Waals surface area (Å²) in [5, 5.41) is 11.7. The van der Waals surface area contributed by atoms with E-state index in [0.717, 1.165) is 49.9 Å². The molecule has 0 aromatic carbocycles. The zero-order valence-electron chi connectivity index (χ0n) is 9.63. The Hall–Kier alpha value is -1.66. The summed E-state index contributed by atoms with van der Waals surface area (Å²) < 4.78 is 1.97. The normalized spacial score (nSPS) is 17.6. The second kappa shape index (κ2) is 4.31. The first kappa shape index (κ1) is 10.5. The van der Waals surface area contributed by atoms with E-state index >= 15 is 0 Å². The lowest BCUT2D eigenvalue weighted by atomic mass is 10.3. The van der Waals surface area contributed by atoms with Crippen molar-refractivity contribution in [1.29, 1.82) is 0 Å². The van der Waals surface area contributed by atoms with Gasteiger partial charge in [-0.1, -0.05) is 0 Å². The highest BCUT2D eigenvalue weighted by molar-refractivity contribution is 5.47. The number of hydrogen-bond acceptors (Lipinski definition) is 5. The highest BCUT2D eigenvalue weighted by Crippen LogP contribution is 2.10. The number of nitrogens with one attached hydrogen (secondary N) is 1. The summed E-state index contributed by atoms with van der Waals surface area (Å²) >= 11 is 0. The molecule has 2 aromatic rings. The first-order valence-electron chi connectivity index (χ1n) is 5.85. The van der Waals surface area contributed by atoms with Crippen molar-refractivity contribution in [2.24, 2.45) is 0 Å². The molecule has 1 fully saturated rings. The molecule has 0 aliphatic carbocycles. The summed E-state index contributed by atoms with van der Waals surface area (Å²) in [5.41, 5.74) is 7.37. The monoisotopic (exact) mass is 232 g/mol. The van der Waals surface area contributed by atoms with Gasteiger partial charge in [0.2, 0.25) is 0 Å². The van der Waals surface area contributed by atoms with Gasteiger partial charge in [0.05, 0.1) is 6.54 Å². The minimum atomic E-state index is 0.735. The van der Waals surface area contributed by atoms with Crippen LogP contribution in [0.4, 0.5) is 5.69 Å². The van der Waals surface area contributed by atoms with Gasteiger partial charge in [0.25, 0.3) is 0 Å². The second-order valence-electron chi connectivity index (χ2n) is 4.33. The van der Waals surface area contributed by atoms with Gasteiger partial charge >= 0.3 is 0 Å². The Bertz CT molecular complexity index is 514. The Labute approximate surface area is 99.4 Å². The van der Waals surface area contributed by atoms with E-state index in [2.05, 4.69) is 20.4 Å². The number of fused-ring (bicyclic) bond motifs is 1. The molecule has 1 aliphatic heterocycles. The molecule has 2 aromatic heterocycles. The number of piperazine rings is 1. The fourth-order valence-corrected chi connectivity index (χ4v) is 2.13. The molecule has 3 N–H and O–H groups in total. The van der Waals surface area contributed by atoms with E-state index in [1.54, 1.807) is 0 Å². The molecule has 6 nitrogen and oxygen atoms in total. The highest BCUT2D eigenvalue weighted by Gasteiger charge is 2.13. The molecule has 6 heteroatoms. The number of hydrogen-bond donors (Lipinski definition) is 2. The van der Waals surface area contributed by atoms with Crippen molar-refractivity contribution in [3.63, 3.8) is 0 Å². The van der Waals surface area contributed by atoms with E-state index in [1.165, 1.54) is 0 Å². The Kier molecular flexibility index (Phi) is 2.66. The van der Waals surface area contributed by atoms with Gasteiger partial charge in [0.1, 0.15) is 0 Å². The van der Waals surface area contributed by atoms with Crippen molar-refractivity contribution in [3.05, 3.63) is 24.2 Å². The molecule has 0 radical (unpaired) electrons. The zero-order valence-corrected chi connectivity index (χ0v) is 9.63. The largest absolute Gasteiger partial charge is 0.398 e. The molecular formula is C11H16N6. The standard InChI is InChI=1S/C11H16N6/c12-9-1-2-10-14-15-11(17(10)7-9)8-16-5-3-13-4-6-16/h1-2,7,13H,3-6,8,12H2. The van der Waals surface area contributed by atoms with Crippen LogP contribution < -0.4 is 11.1 Å². The maximum Gasteiger partial charge on any atom is 0.160 e. The smallest absolute Gasteiger partial charge is 0.160 e. The number of nitrogen functional groups attached to an aromatic ring is 1. The van der Waals surface area contributed by atoms with Crippen molar-refractivity contribution in [2.45, 2.75) is 6.54 Å². The summed E-state index contributed by atoms with van der Waals surface area (Å²) in [6.45, 7) is 5.01. The van der Waals surface area contributed by atoms with E-state index in [9.17, 15) is 0 Å². The van der Waals surface area contributed by atoms with Crippen LogP contribution in [0, 0.1) is 0 Å².